The fourth-order valence-electron chi connectivity index (χ4n) is 4.27. The second-order valence-electron chi connectivity index (χ2n) is 10.4. The van der Waals surface area contributed by atoms with Crippen LogP contribution in [0.25, 0.3) is 0 Å². The lowest BCUT2D eigenvalue weighted by molar-refractivity contribution is 0.270. The molecule has 0 radical (unpaired) electrons. The minimum absolute atomic E-state index is 0.655. The third-order valence-electron chi connectivity index (χ3n) is 6.80. The van der Waals surface area contributed by atoms with Crippen LogP contribution in [0.2, 0.25) is 0 Å². The van der Waals surface area contributed by atoms with Crippen LogP contribution < -0.4 is 22.1 Å². The molecule has 1 aromatic carbocycles. The molecule has 0 aliphatic rings. The van der Waals surface area contributed by atoms with Crippen molar-refractivity contribution in [1.82, 2.24) is 25.4 Å². The summed E-state index contributed by atoms with van der Waals surface area (Å²) >= 11 is 0. The maximum Gasteiger partial charge on any atom is 0.0541 e. The van der Waals surface area contributed by atoms with E-state index in [1.165, 1.54) is 22.3 Å². The van der Waals surface area contributed by atoms with Gasteiger partial charge in [-0.1, -0.05) is 72.7 Å². The Morgan fingerprint density at radius 2 is 1.35 bits per heavy atom. The van der Waals surface area contributed by atoms with E-state index in [2.05, 4.69) is 94.8 Å². The Hall–Kier alpha value is -2.65. The molecule has 0 fully saturated rings. The Kier molecular flexibility index (Phi) is 17.7. The van der Waals surface area contributed by atoms with E-state index in [0.29, 0.717) is 13.1 Å². The number of hydrogen-bond acceptors (Lipinski definition) is 7. The summed E-state index contributed by atoms with van der Waals surface area (Å²) in [5.41, 5.74) is 18.2. The SMILES string of the molecule is CC/C(C)=C/C=C\C=C(/C)CNCCN(CCN)Cc1ccc(CN(CCN)CCNCc2ccccn2)cc1. The number of nitrogens with one attached hydrogen (secondary N) is 2. The number of aromatic nitrogens is 1. The molecule has 0 spiro atoms. The number of pyridine rings is 1. The zero-order chi connectivity index (χ0) is 28.8. The molecule has 0 aliphatic carbocycles. The van der Waals surface area contributed by atoms with Gasteiger partial charge in [0.05, 0.1) is 5.69 Å². The zero-order valence-electron chi connectivity index (χ0n) is 25.1. The highest BCUT2D eigenvalue weighted by Crippen LogP contribution is 2.10. The Labute approximate surface area is 243 Å². The van der Waals surface area contributed by atoms with Crippen LogP contribution in [0.3, 0.4) is 0 Å². The van der Waals surface area contributed by atoms with Gasteiger partial charge in [0, 0.05) is 84.7 Å². The third kappa shape index (κ3) is 15.2. The van der Waals surface area contributed by atoms with Gasteiger partial charge in [0.2, 0.25) is 0 Å². The molecule has 0 aliphatic heterocycles. The van der Waals surface area contributed by atoms with Gasteiger partial charge in [-0.15, -0.1) is 0 Å². The highest BCUT2D eigenvalue weighted by Gasteiger charge is 2.08. The number of rotatable bonds is 21. The van der Waals surface area contributed by atoms with Gasteiger partial charge in [-0.3, -0.25) is 14.8 Å². The van der Waals surface area contributed by atoms with Crippen molar-refractivity contribution in [3.63, 3.8) is 0 Å². The molecule has 0 saturated carbocycles. The van der Waals surface area contributed by atoms with E-state index >= 15 is 0 Å². The van der Waals surface area contributed by atoms with E-state index in [1.54, 1.807) is 0 Å². The molecule has 0 saturated heterocycles. The largest absolute Gasteiger partial charge is 0.329 e. The molecule has 1 heterocycles. The van der Waals surface area contributed by atoms with Crippen molar-refractivity contribution in [2.75, 3.05) is 58.9 Å². The van der Waals surface area contributed by atoms with Gasteiger partial charge in [0.25, 0.3) is 0 Å². The lowest BCUT2D eigenvalue weighted by Gasteiger charge is -2.23. The molecule has 0 atom stereocenters. The van der Waals surface area contributed by atoms with Gasteiger partial charge >= 0.3 is 0 Å². The smallest absolute Gasteiger partial charge is 0.0541 e. The second-order valence-corrected chi connectivity index (χ2v) is 10.4. The minimum Gasteiger partial charge on any atom is -0.329 e. The van der Waals surface area contributed by atoms with E-state index in [0.717, 1.165) is 77.6 Å². The van der Waals surface area contributed by atoms with Crippen LogP contribution in [0.4, 0.5) is 0 Å². The fourth-order valence-corrected chi connectivity index (χ4v) is 4.27. The van der Waals surface area contributed by atoms with Crippen molar-refractivity contribution >= 4 is 0 Å². The fraction of sp³-hybridized carbons (Fsp3) is 0.485. The summed E-state index contributed by atoms with van der Waals surface area (Å²) in [4.78, 5) is 9.20. The summed E-state index contributed by atoms with van der Waals surface area (Å²) < 4.78 is 0. The second kappa shape index (κ2) is 21.1. The van der Waals surface area contributed by atoms with Crippen LogP contribution >= 0.6 is 0 Å². The molecule has 2 aromatic rings. The van der Waals surface area contributed by atoms with Crippen molar-refractivity contribution in [3.8, 4) is 0 Å². The van der Waals surface area contributed by atoms with Gasteiger partial charge in [0.15, 0.2) is 0 Å². The average molecular weight is 548 g/mol. The standard InChI is InChI=1S/C33H53N7/c1-4-29(2)9-5-6-10-30(3)25-36-19-23-39(21-16-34)27-31-12-14-32(15-13-31)28-40(22-17-35)24-20-37-26-33-11-7-8-18-38-33/h5-15,18,36-37H,4,16-17,19-28,34-35H2,1-3H3/b6-5-,29-9+,30-10+. The van der Waals surface area contributed by atoms with Crippen molar-refractivity contribution in [2.45, 2.75) is 46.8 Å². The van der Waals surface area contributed by atoms with Crippen LogP contribution in [-0.2, 0) is 19.6 Å². The van der Waals surface area contributed by atoms with Crippen LogP contribution in [0, 0.1) is 0 Å². The molecule has 0 amide bonds. The normalized spacial score (nSPS) is 12.8. The summed E-state index contributed by atoms with van der Waals surface area (Å²) in [5.74, 6) is 0. The van der Waals surface area contributed by atoms with Gasteiger partial charge in [-0.2, -0.15) is 0 Å². The minimum atomic E-state index is 0.655. The first-order chi connectivity index (χ1) is 19.5. The highest BCUT2D eigenvalue weighted by atomic mass is 15.1. The van der Waals surface area contributed by atoms with Crippen molar-refractivity contribution in [2.24, 2.45) is 11.5 Å². The molecule has 7 nitrogen and oxygen atoms in total. The monoisotopic (exact) mass is 547 g/mol. The van der Waals surface area contributed by atoms with Crippen LogP contribution in [0.15, 0.2) is 84.1 Å². The van der Waals surface area contributed by atoms with Crippen molar-refractivity contribution < 1.29 is 0 Å². The Bertz CT molecular complexity index is 999. The summed E-state index contributed by atoms with van der Waals surface area (Å²) in [5, 5.41) is 7.06. The molecular formula is C33H53N7. The molecule has 0 unspecified atom stereocenters. The van der Waals surface area contributed by atoms with Crippen LogP contribution in [0.5, 0.6) is 0 Å². The van der Waals surface area contributed by atoms with Gasteiger partial charge in [-0.25, -0.2) is 0 Å². The van der Waals surface area contributed by atoms with Crippen molar-refractivity contribution in [1.29, 1.82) is 0 Å². The lowest BCUT2D eigenvalue weighted by atomic mass is 10.1. The number of nitrogens with zero attached hydrogens (tertiary/aromatic N) is 3. The maximum absolute atomic E-state index is 5.92. The Balaban J connectivity index is 1.75. The highest BCUT2D eigenvalue weighted by molar-refractivity contribution is 5.23. The van der Waals surface area contributed by atoms with E-state index < -0.39 is 0 Å². The molecule has 6 N–H and O–H groups in total. The van der Waals surface area contributed by atoms with E-state index in [4.69, 9.17) is 11.5 Å². The summed E-state index contributed by atoms with van der Waals surface area (Å²) in [6, 6.07) is 15.0. The van der Waals surface area contributed by atoms with E-state index in [1.807, 2.05) is 24.4 Å². The first-order valence-corrected chi connectivity index (χ1v) is 14.8. The van der Waals surface area contributed by atoms with Crippen molar-refractivity contribution in [3.05, 3.63) is 101 Å². The number of hydrogen-bond donors (Lipinski definition) is 4. The molecule has 0 bridgehead atoms. The predicted octanol–water partition coefficient (Wildman–Crippen LogP) is 3.84. The molecule has 220 valence electrons. The third-order valence-corrected chi connectivity index (χ3v) is 6.80. The average Bonchev–Trinajstić information content (AvgIpc) is 2.97. The van der Waals surface area contributed by atoms with Gasteiger partial charge in [0.1, 0.15) is 0 Å². The molecule has 2 rings (SSSR count). The lowest BCUT2D eigenvalue weighted by Crippen LogP contribution is -2.35. The van der Waals surface area contributed by atoms with Crippen LogP contribution in [0.1, 0.15) is 44.0 Å². The Morgan fingerprint density at radius 1 is 0.775 bits per heavy atom. The quantitative estimate of drug-likeness (QED) is 0.139. The first-order valence-electron chi connectivity index (χ1n) is 14.8. The maximum atomic E-state index is 5.92. The van der Waals surface area contributed by atoms with Crippen LogP contribution in [-0.4, -0.2) is 73.7 Å². The molecule has 40 heavy (non-hydrogen) atoms. The molecule has 7 heteroatoms. The van der Waals surface area contributed by atoms with E-state index in [9.17, 15) is 0 Å². The zero-order valence-corrected chi connectivity index (χ0v) is 25.1. The Morgan fingerprint density at radius 3 is 1.88 bits per heavy atom. The summed E-state index contributed by atoms with van der Waals surface area (Å²) in [6.07, 6.45) is 11.5. The molecule has 1 aromatic heterocycles. The number of nitrogens with two attached hydrogens (primary N) is 2. The predicted molar refractivity (Wildman–Crippen MR) is 171 cm³/mol. The number of allylic oxidation sites excluding steroid dienone is 5. The topological polar surface area (TPSA) is 95.5 Å². The first kappa shape index (κ1) is 33.6. The number of benzene rings is 1. The van der Waals surface area contributed by atoms with Gasteiger partial charge < -0.3 is 22.1 Å². The summed E-state index contributed by atoms with van der Waals surface area (Å²) in [6.45, 7) is 16.8. The van der Waals surface area contributed by atoms with E-state index in [-0.39, 0.29) is 0 Å². The molecular weight excluding hydrogens is 494 g/mol. The summed E-state index contributed by atoms with van der Waals surface area (Å²) in [7, 11) is 0. The van der Waals surface area contributed by atoms with Gasteiger partial charge in [-0.05, 0) is 43.5 Å².